The predicted octanol–water partition coefficient (Wildman–Crippen LogP) is 2.53. The number of nitrogens with one attached hydrogen (secondary N) is 1. The molecule has 22 heavy (non-hydrogen) atoms. The molecule has 0 spiro atoms. The highest BCUT2D eigenvalue weighted by atomic mass is 32.2. The van der Waals surface area contributed by atoms with Crippen LogP contribution in [0.4, 0.5) is 0 Å². The SMILES string of the molecule is O=C(NCC1(O)CSCCSC1)C12CC3CC(CC(C3)C1)C2. The molecular formula is C17H27NO2S2. The smallest absolute Gasteiger partial charge is 0.226 e. The number of aliphatic hydroxyl groups is 1. The van der Waals surface area contributed by atoms with Crippen molar-refractivity contribution >= 4 is 29.4 Å². The molecule has 5 heteroatoms. The van der Waals surface area contributed by atoms with E-state index < -0.39 is 5.60 Å². The van der Waals surface area contributed by atoms with Crippen LogP contribution < -0.4 is 5.32 Å². The summed E-state index contributed by atoms with van der Waals surface area (Å²) in [5, 5.41) is 13.9. The van der Waals surface area contributed by atoms with Gasteiger partial charge >= 0.3 is 0 Å². The summed E-state index contributed by atoms with van der Waals surface area (Å²) >= 11 is 3.62. The molecule has 0 atom stereocenters. The highest BCUT2D eigenvalue weighted by molar-refractivity contribution is 8.03. The third-order valence-corrected chi connectivity index (χ3v) is 8.94. The standard InChI is InChI=1S/C17H27NO2S2/c19-15(18-9-17(20)10-21-1-2-22-11-17)16-6-12-3-13(7-16)5-14(4-12)8-16/h12-14,20H,1-11H2,(H,18,19). The van der Waals surface area contributed by atoms with Gasteiger partial charge in [-0.25, -0.2) is 0 Å². The maximum absolute atomic E-state index is 12.9. The first-order chi connectivity index (χ1) is 10.6. The Hall–Kier alpha value is 0.130. The fraction of sp³-hybridized carbons (Fsp3) is 0.941. The van der Waals surface area contributed by atoms with Crippen molar-refractivity contribution < 1.29 is 9.90 Å². The fourth-order valence-corrected chi connectivity index (χ4v) is 8.14. The summed E-state index contributed by atoms with van der Waals surface area (Å²) in [6, 6.07) is 0. The van der Waals surface area contributed by atoms with Crippen molar-refractivity contribution in [1.82, 2.24) is 5.32 Å². The number of amides is 1. The Morgan fingerprint density at radius 2 is 1.50 bits per heavy atom. The Balaban J connectivity index is 1.40. The van der Waals surface area contributed by atoms with Gasteiger partial charge in [-0.1, -0.05) is 0 Å². The zero-order chi connectivity index (χ0) is 15.2. The summed E-state index contributed by atoms with van der Waals surface area (Å²) < 4.78 is 0. The quantitative estimate of drug-likeness (QED) is 0.828. The van der Waals surface area contributed by atoms with Crippen molar-refractivity contribution in [3.63, 3.8) is 0 Å². The molecule has 0 aromatic carbocycles. The molecule has 1 saturated heterocycles. The molecule has 0 aromatic rings. The van der Waals surface area contributed by atoms with E-state index >= 15 is 0 Å². The van der Waals surface area contributed by atoms with E-state index in [-0.39, 0.29) is 11.3 Å². The largest absolute Gasteiger partial charge is 0.386 e. The van der Waals surface area contributed by atoms with Crippen molar-refractivity contribution in [2.75, 3.05) is 29.6 Å². The molecule has 2 N–H and O–H groups in total. The van der Waals surface area contributed by atoms with Crippen LogP contribution in [-0.4, -0.2) is 46.2 Å². The minimum atomic E-state index is -0.718. The molecular weight excluding hydrogens is 314 g/mol. The van der Waals surface area contributed by atoms with Crippen LogP contribution in [0.25, 0.3) is 0 Å². The monoisotopic (exact) mass is 341 g/mol. The Kier molecular flexibility index (Phi) is 4.19. The number of thioether (sulfide) groups is 2. The van der Waals surface area contributed by atoms with E-state index in [1.165, 1.54) is 19.3 Å². The van der Waals surface area contributed by atoms with Crippen molar-refractivity contribution in [3.05, 3.63) is 0 Å². The molecule has 5 fully saturated rings. The summed E-state index contributed by atoms with van der Waals surface area (Å²) in [6.07, 6.45) is 7.41. The maximum atomic E-state index is 12.9. The number of hydrogen-bond donors (Lipinski definition) is 2. The molecule has 1 aliphatic heterocycles. The van der Waals surface area contributed by atoms with Crippen LogP contribution in [0, 0.1) is 23.2 Å². The number of hydrogen-bond acceptors (Lipinski definition) is 4. The molecule has 4 bridgehead atoms. The molecule has 124 valence electrons. The number of carbonyl (C=O) groups excluding carboxylic acids is 1. The first-order valence-electron chi connectivity index (χ1n) is 8.73. The van der Waals surface area contributed by atoms with Gasteiger partial charge in [-0.05, 0) is 56.3 Å². The van der Waals surface area contributed by atoms with Gasteiger partial charge in [0, 0.05) is 35.0 Å². The Labute approximate surface area is 141 Å². The van der Waals surface area contributed by atoms with Gasteiger partial charge in [0.05, 0.1) is 5.60 Å². The predicted molar refractivity (Wildman–Crippen MR) is 93.2 cm³/mol. The number of rotatable bonds is 3. The molecule has 0 unspecified atom stereocenters. The van der Waals surface area contributed by atoms with Gasteiger partial charge in [0.15, 0.2) is 0 Å². The topological polar surface area (TPSA) is 49.3 Å². The molecule has 0 radical (unpaired) electrons. The van der Waals surface area contributed by atoms with Crippen LogP contribution in [0.3, 0.4) is 0 Å². The second kappa shape index (κ2) is 5.89. The van der Waals surface area contributed by atoms with Gasteiger partial charge in [-0.15, -0.1) is 0 Å². The van der Waals surface area contributed by atoms with Gasteiger partial charge in [-0.2, -0.15) is 23.5 Å². The Morgan fingerprint density at radius 1 is 1.00 bits per heavy atom. The summed E-state index contributed by atoms with van der Waals surface area (Å²) in [6.45, 7) is 0.438. The molecule has 3 nitrogen and oxygen atoms in total. The molecule has 1 heterocycles. The maximum Gasteiger partial charge on any atom is 0.226 e. The average molecular weight is 342 g/mol. The second-order valence-electron chi connectivity index (χ2n) is 8.21. The zero-order valence-corrected chi connectivity index (χ0v) is 14.8. The molecule has 0 aromatic heterocycles. The Morgan fingerprint density at radius 3 is 2.00 bits per heavy atom. The summed E-state index contributed by atoms with van der Waals surface area (Å²) in [4.78, 5) is 12.9. The first-order valence-corrected chi connectivity index (χ1v) is 11.0. The van der Waals surface area contributed by atoms with E-state index in [0.29, 0.717) is 6.54 Å². The number of carbonyl (C=O) groups is 1. The van der Waals surface area contributed by atoms with Gasteiger partial charge in [0.2, 0.25) is 5.91 Å². The van der Waals surface area contributed by atoms with E-state index in [0.717, 1.165) is 60.0 Å². The average Bonchev–Trinajstić information content (AvgIpc) is 2.69. The molecule has 1 amide bonds. The van der Waals surface area contributed by atoms with Gasteiger partial charge in [-0.3, -0.25) is 4.79 Å². The third-order valence-electron chi connectivity index (χ3n) is 6.21. The second-order valence-corrected chi connectivity index (χ2v) is 10.4. The van der Waals surface area contributed by atoms with Gasteiger partial charge in [0.25, 0.3) is 0 Å². The van der Waals surface area contributed by atoms with Crippen LogP contribution in [0.15, 0.2) is 0 Å². The van der Waals surface area contributed by atoms with Crippen LogP contribution in [0.1, 0.15) is 38.5 Å². The first kappa shape index (κ1) is 15.6. The van der Waals surface area contributed by atoms with Crippen molar-refractivity contribution in [2.24, 2.45) is 23.2 Å². The minimum absolute atomic E-state index is 0.0872. The lowest BCUT2D eigenvalue weighted by Gasteiger charge is -2.55. The Bertz CT molecular complexity index is 411. The van der Waals surface area contributed by atoms with Crippen LogP contribution >= 0.6 is 23.5 Å². The molecule has 4 saturated carbocycles. The lowest BCUT2D eigenvalue weighted by atomic mass is 9.49. The van der Waals surface area contributed by atoms with Gasteiger partial charge < -0.3 is 10.4 Å². The third kappa shape index (κ3) is 2.93. The van der Waals surface area contributed by atoms with E-state index in [9.17, 15) is 9.90 Å². The van der Waals surface area contributed by atoms with Crippen molar-refractivity contribution in [1.29, 1.82) is 0 Å². The summed E-state index contributed by atoms with van der Waals surface area (Å²) in [7, 11) is 0. The van der Waals surface area contributed by atoms with Crippen LogP contribution in [0.5, 0.6) is 0 Å². The van der Waals surface area contributed by atoms with E-state index in [4.69, 9.17) is 0 Å². The molecule has 5 aliphatic rings. The fourth-order valence-electron chi connectivity index (χ4n) is 5.61. The molecule has 4 aliphatic carbocycles. The van der Waals surface area contributed by atoms with Crippen LogP contribution in [0.2, 0.25) is 0 Å². The lowest BCUT2D eigenvalue weighted by Crippen LogP contribution is -2.56. The lowest BCUT2D eigenvalue weighted by molar-refractivity contribution is -0.147. The summed E-state index contributed by atoms with van der Waals surface area (Å²) in [5.41, 5.74) is -0.806. The molecule has 5 rings (SSSR count). The normalized spacial score (nSPS) is 42.9. The summed E-state index contributed by atoms with van der Waals surface area (Å²) in [5.74, 6) is 6.35. The van der Waals surface area contributed by atoms with E-state index in [1.54, 1.807) is 0 Å². The van der Waals surface area contributed by atoms with Crippen LogP contribution in [-0.2, 0) is 4.79 Å². The van der Waals surface area contributed by atoms with Crippen molar-refractivity contribution in [2.45, 2.75) is 44.1 Å². The zero-order valence-electron chi connectivity index (χ0n) is 13.2. The van der Waals surface area contributed by atoms with Gasteiger partial charge in [0.1, 0.15) is 0 Å². The van der Waals surface area contributed by atoms with Crippen molar-refractivity contribution in [3.8, 4) is 0 Å². The van der Waals surface area contributed by atoms with E-state index in [1.807, 2.05) is 23.5 Å². The minimum Gasteiger partial charge on any atom is -0.386 e. The highest BCUT2D eigenvalue weighted by Gasteiger charge is 2.54. The highest BCUT2D eigenvalue weighted by Crippen LogP contribution is 2.60. The van der Waals surface area contributed by atoms with E-state index in [2.05, 4.69) is 5.32 Å².